The van der Waals surface area contributed by atoms with Crippen molar-refractivity contribution in [3.63, 3.8) is 0 Å². The van der Waals surface area contributed by atoms with E-state index in [1.165, 1.54) is 28.6 Å². The van der Waals surface area contributed by atoms with Crippen LogP contribution in [0.15, 0.2) is 32.4 Å². The molecule has 0 saturated carbocycles. The quantitative estimate of drug-likeness (QED) is 0.335. The Hall–Kier alpha value is -2.39. The van der Waals surface area contributed by atoms with Crippen LogP contribution < -0.4 is 0 Å². The maximum absolute atomic E-state index is 6.00. The van der Waals surface area contributed by atoms with Crippen LogP contribution in [0, 0.1) is 18.3 Å². The molecule has 1 aliphatic rings. The van der Waals surface area contributed by atoms with E-state index in [2.05, 4.69) is 47.2 Å². The van der Waals surface area contributed by atoms with Crippen LogP contribution >= 0.6 is 23.1 Å². The summed E-state index contributed by atoms with van der Waals surface area (Å²) in [6, 6.07) is 4.16. The molecule has 0 bridgehead atoms. The normalized spacial score (nSPS) is 16.5. The smallest absolute Gasteiger partial charge is 0.257 e. The number of fused-ring (bicyclic) bond motifs is 1. The van der Waals surface area contributed by atoms with Gasteiger partial charge in [0.05, 0.1) is 22.5 Å². The number of rotatable bonds is 5. The summed E-state index contributed by atoms with van der Waals surface area (Å²) < 4.78 is 13.3. The lowest BCUT2D eigenvalue weighted by molar-refractivity contribution is 0.217. The van der Waals surface area contributed by atoms with E-state index in [1.807, 2.05) is 24.6 Å². The zero-order valence-corrected chi connectivity index (χ0v) is 20.6. The monoisotopic (exact) mass is 469 g/mol. The van der Waals surface area contributed by atoms with Gasteiger partial charge in [-0.25, -0.2) is 0 Å². The molecule has 0 spiro atoms. The minimum absolute atomic E-state index is 0.338. The lowest BCUT2D eigenvalue weighted by Gasteiger charge is -2.33. The Balaban J connectivity index is 1.27. The summed E-state index contributed by atoms with van der Waals surface area (Å²) >= 11 is 3.32. The van der Waals surface area contributed by atoms with E-state index >= 15 is 0 Å². The highest BCUT2D eigenvalue weighted by Gasteiger charge is 2.30. The van der Waals surface area contributed by atoms with E-state index in [0.29, 0.717) is 28.9 Å². The van der Waals surface area contributed by atoms with Crippen molar-refractivity contribution in [1.29, 1.82) is 0 Å². The number of hydrogen-bond donors (Lipinski definition) is 0. The summed E-state index contributed by atoms with van der Waals surface area (Å²) in [6.45, 7) is 8.94. The molecule has 4 aromatic rings. The number of nitrogens with zero attached hydrogens (tertiary/aromatic N) is 5. The molecule has 5 rings (SSSR count). The topological polar surface area (TPSA) is 82.8 Å². The van der Waals surface area contributed by atoms with Gasteiger partial charge in [0, 0.05) is 11.9 Å². The molecule has 4 heterocycles. The largest absolute Gasteiger partial charge is 0.469 e. The number of furan rings is 1. The standard InChI is InChI=1S/C23H27N5O2S2/c1-13-16(8-9-29-13)20-25-27-22(28(20)5)31-12-19-24-26-21(30-19)18-11-14-10-15(23(2,3)4)6-7-17(14)32-18/h8-9,11,15H,6-7,10,12H2,1-5H3. The molecule has 0 saturated heterocycles. The fourth-order valence-corrected chi connectivity index (χ4v) is 6.08. The maximum atomic E-state index is 6.00. The van der Waals surface area contributed by atoms with E-state index in [9.17, 15) is 0 Å². The molecule has 1 atom stereocenters. The second kappa shape index (κ2) is 8.19. The third kappa shape index (κ3) is 4.03. The minimum atomic E-state index is 0.338. The fraction of sp³-hybridized carbons (Fsp3) is 0.478. The van der Waals surface area contributed by atoms with Gasteiger partial charge < -0.3 is 13.4 Å². The summed E-state index contributed by atoms with van der Waals surface area (Å²) in [5, 5.41) is 18.0. The van der Waals surface area contributed by atoms with Crippen LogP contribution in [0.1, 0.15) is 49.3 Å². The van der Waals surface area contributed by atoms with Crippen LogP contribution in [0.2, 0.25) is 0 Å². The van der Waals surface area contributed by atoms with E-state index in [4.69, 9.17) is 8.83 Å². The number of thiophene rings is 1. The molecular weight excluding hydrogens is 442 g/mol. The molecule has 1 unspecified atom stereocenters. The van der Waals surface area contributed by atoms with Gasteiger partial charge in [0.2, 0.25) is 5.89 Å². The van der Waals surface area contributed by atoms with Crippen LogP contribution in [0.4, 0.5) is 0 Å². The van der Waals surface area contributed by atoms with Crippen molar-refractivity contribution in [1.82, 2.24) is 25.0 Å². The Morgan fingerprint density at radius 1 is 1.22 bits per heavy atom. The average Bonchev–Trinajstić information content (AvgIpc) is 3.51. The molecule has 0 N–H and O–H groups in total. The van der Waals surface area contributed by atoms with Crippen molar-refractivity contribution in [2.45, 2.75) is 57.9 Å². The number of hydrogen-bond acceptors (Lipinski definition) is 8. The molecule has 1 aliphatic carbocycles. The first-order chi connectivity index (χ1) is 15.3. The van der Waals surface area contributed by atoms with Crippen molar-refractivity contribution in [3.8, 4) is 22.2 Å². The van der Waals surface area contributed by atoms with Crippen LogP contribution in [-0.4, -0.2) is 25.0 Å². The van der Waals surface area contributed by atoms with Gasteiger partial charge in [0.1, 0.15) is 5.76 Å². The van der Waals surface area contributed by atoms with Crippen LogP contribution in [0.3, 0.4) is 0 Å². The molecule has 0 amide bonds. The first kappa shape index (κ1) is 21.5. The molecule has 4 aromatic heterocycles. The highest BCUT2D eigenvalue weighted by molar-refractivity contribution is 7.98. The summed E-state index contributed by atoms with van der Waals surface area (Å²) in [4.78, 5) is 2.54. The summed E-state index contributed by atoms with van der Waals surface area (Å²) in [5.41, 5.74) is 2.73. The highest BCUT2D eigenvalue weighted by atomic mass is 32.2. The minimum Gasteiger partial charge on any atom is -0.469 e. The van der Waals surface area contributed by atoms with Gasteiger partial charge in [-0.15, -0.1) is 31.7 Å². The van der Waals surface area contributed by atoms with Gasteiger partial charge >= 0.3 is 0 Å². The molecule has 0 radical (unpaired) electrons. The molecule has 32 heavy (non-hydrogen) atoms. The lowest BCUT2D eigenvalue weighted by Crippen LogP contribution is -2.26. The van der Waals surface area contributed by atoms with Crippen LogP contribution in [-0.2, 0) is 25.6 Å². The van der Waals surface area contributed by atoms with E-state index < -0.39 is 0 Å². The zero-order valence-electron chi connectivity index (χ0n) is 19.0. The predicted octanol–water partition coefficient (Wildman–Crippen LogP) is 5.94. The van der Waals surface area contributed by atoms with E-state index in [0.717, 1.165) is 40.0 Å². The van der Waals surface area contributed by atoms with Crippen LogP contribution in [0.25, 0.3) is 22.2 Å². The number of aromatic nitrogens is 5. The van der Waals surface area contributed by atoms with E-state index in [1.54, 1.807) is 17.6 Å². The second-order valence-corrected chi connectivity index (χ2v) is 11.5. The maximum Gasteiger partial charge on any atom is 0.257 e. The third-order valence-electron chi connectivity index (χ3n) is 6.24. The first-order valence-electron chi connectivity index (χ1n) is 10.8. The molecule has 7 nitrogen and oxygen atoms in total. The summed E-state index contributed by atoms with van der Waals surface area (Å²) in [6.07, 6.45) is 5.19. The summed E-state index contributed by atoms with van der Waals surface area (Å²) in [5.74, 6) is 4.07. The SMILES string of the molecule is Cc1occc1-c1nnc(SCc2nnc(-c3cc4c(s3)CCC(C(C)(C)C)C4)o2)n1C. The third-order valence-corrected chi connectivity index (χ3v) is 8.47. The zero-order chi connectivity index (χ0) is 22.5. The van der Waals surface area contributed by atoms with E-state index in [-0.39, 0.29) is 0 Å². The summed E-state index contributed by atoms with van der Waals surface area (Å²) in [7, 11) is 1.95. The van der Waals surface area contributed by atoms with Gasteiger partial charge in [0.15, 0.2) is 11.0 Å². The van der Waals surface area contributed by atoms with Gasteiger partial charge in [-0.05, 0) is 55.2 Å². The fourth-order valence-electron chi connectivity index (χ4n) is 4.20. The Morgan fingerprint density at radius 3 is 2.81 bits per heavy atom. The van der Waals surface area contributed by atoms with Gasteiger partial charge in [0.25, 0.3) is 5.89 Å². The van der Waals surface area contributed by atoms with Gasteiger partial charge in [-0.1, -0.05) is 32.5 Å². The average molecular weight is 470 g/mol. The molecule has 0 aromatic carbocycles. The first-order valence-corrected chi connectivity index (χ1v) is 12.6. The molecular formula is C23H27N5O2S2. The number of aryl methyl sites for hydroxylation is 2. The molecule has 0 aliphatic heterocycles. The molecule has 0 fully saturated rings. The van der Waals surface area contributed by atoms with Crippen molar-refractivity contribution in [2.75, 3.05) is 0 Å². The van der Waals surface area contributed by atoms with Gasteiger partial charge in [-0.2, -0.15) is 0 Å². The predicted molar refractivity (Wildman–Crippen MR) is 126 cm³/mol. The Kier molecular flexibility index (Phi) is 5.49. The van der Waals surface area contributed by atoms with Crippen LogP contribution in [0.5, 0.6) is 0 Å². The molecule has 168 valence electrons. The lowest BCUT2D eigenvalue weighted by atomic mass is 9.72. The second-order valence-electron chi connectivity index (χ2n) is 9.41. The highest BCUT2D eigenvalue weighted by Crippen LogP contribution is 2.42. The Morgan fingerprint density at radius 2 is 2.06 bits per heavy atom. The van der Waals surface area contributed by atoms with Crippen molar-refractivity contribution in [2.24, 2.45) is 18.4 Å². The number of thioether (sulfide) groups is 1. The van der Waals surface area contributed by atoms with Gasteiger partial charge in [-0.3, -0.25) is 0 Å². The van der Waals surface area contributed by atoms with Crippen molar-refractivity contribution < 1.29 is 8.83 Å². The van der Waals surface area contributed by atoms with Crippen molar-refractivity contribution >= 4 is 23.1 Å². The van der Waals surface area contributed by atoms with Crippen molar-refractivity contribution in [3.05, 3.63) is 40.5 Å². The Bertz CT molecular complexity index is 1240. The molecule has 9 heteroatoms. The Labute approximate surface area is 195 Å².